The molecule has 0 saturated carbocycles. The van der Waals surface area contributed by atoms with Crippen LogP contribution in [0.3, 0.4) is 0 Å². The molecule has 0 aliphatic carbocycles. The number of amides is 1. The van der Waals surface area contributed by atoms with E-state index in [1.165, 1.54) is 17.4 Å². The van der Waals surface area contributed by atoms with Gasteiger partial charge in [-0.3, -0.25) is 4.79 Å². The number of hydrogen-bond acceptors (Lipinski definition) is 3. The summed E-state index contributed by atoms with van der Waals surface area (Å²) in [4.78, 5) is 13.5. The van der Waals surface area contributed by atoms with Crippen LogP contribution in [0.15, 0.2) is 48.5 Å². The van der Waals surface area contributed by atoms with Gasteiger partial charge in [0.2, 0.25) is 0 Å². The third-order valence-corrected chi connectivity index (χ3v) is 5.57. The highest BCUT2D eigenvalue weighted by Gasteiger charge is 2.24. The van der Waals surface area contributed by atoms with E-state index in [2.05, 4.69) is 19.2 Å². The fraction of sp³-hybridized carbons (Fsp3) is 0.286. The van der Waals surface area contributed by atoms with Gasteiger partial charge in [0, 0.05) is 22.8 Å². The van der Waals surface area contributed by atoms with Gasteiger partial charge in [0.1, 0.15) is 5.82 Å². The van der Waals surface area contributed by atoms with Gasteiger partial charge in [-0.05, 0) is 23.6 Å². The number of rotatable bonds is 6. The lowest BCUT2D eigenvalue weighted by Gasteiger charge is -2.23. The van der Waals surface area contributed by atoms with E-state index >= 15 is 0 Å². The largest absolute Gasteiger partial charge is 0.380 e. The summed E-state index contributed by atoms with van der Waals surface area (Å²) in [5.74, 6) is -0.299. The molecule has 3 rings (SSSR count). The van der Waals surface area contributed by atoms with Crippen LogP contribution in [0.25, 0.3) is 10.1 Å². The molecular weight excluding hydrogens is 349 g/mol. The minimum atomic E-state index is -0.326. The average Bonchev–Trinajstić information content (AvgIpc) is 3.00. The van der Waals surface area contributed by atoms with E-state index in [-0.39, 0.29) is 30.3 Å². The molecule has 2 aromatic carbocycles. The Kier molecular flexibility index (Phi) is 5.69. The van der Waals surface area contributed by atoms with Crippen molar-refractivity contribution in [2.24, 2.45) is 5.92 Å². The number of thiophene rings is 1. The van der Waals surface area contributed by atoms with Crippen LogP contribution in [0.4, 0.5) is 4.39 Å². The molecule has 5 heteroatoms. The maximum atomic E-state index is 14.3. The highest BCUT2D eigenvalue weighted by molar-refractivity contribution is 7.21. The van der Waals surface area contributed by atoms with Crippen molar-refractivity contribution in [1.29, 1.82) is 0 Å². The number of ether oxygens (including phenoxy) is 1. The lowest BCUT2D eigenvalue weighted by Crippen LogP contribution is -2.31. The number of methoxy groups -OCH3 is 1. The van der Waals surface area contributed by atoms with Gasteiger partial charge in [-0.25, -0.2) is 4.39 Å². The first-order valence-corrected chi connectivity index (χ1v) is 9.39. The van der Waals surface area contributed by atoms with Crippen molar-refractivity contribution in [2.45, 2.75) is 26.5 Å². The van der Waals surface area contributed by atoms with E-state index < -0.39 is 0 Å². The van der Waals surface area contributed by atoms with Crippen LogP contribution in [0.2, 0.25) is 0 Å². The third-order valence-electron chi connectivity index (χ3n) is 4.37. The lowest BCUT2D eigenvalue weighted by molar-refractivity contribution is 0.0925. The molecule has 0 aliphatic heterocycles. The second-order valence-electron chi connectivity index (χ2n) is 6.56. The Morgan fingerprint density at radius 3 is 2.54 bits per heavy atom. The normalized spacial score (nSPS) is 12.5. The molecule has 3 aromatic rings. The first-order chi connectivity index (χ1) is 12.5. The maximum Gasteiger partial charge on any atom is 0.262 e. The molecule has 3 nitrogen and oxygen atoms in total. The van der Waals surface area contributed by atoms with Crippen molar-refractivity contribution < 1.29 is 13.9 Å². The number of halogens is 1. The summed E-state index contributed by atoms with van der Waals surface area (Å²) in [6.07, 6.45) is 0. The van der Waals surface area contributed by atoms with Gasteiger partial charge >= 0.3 is 0 Å². The first kappa shape index (κ1) is 18.5. The van der Waals surface area contributed by atoms with E-state index in [0.717, 1.165) is 10.3 Å². The Balaban J connectivity index is 1.99. The van der Waals surface area contributed by atoms with E-state index in [1.54, 1.807) is 13.2 Å². The predicted octanol–water partition coefficient (Wildman–Crippen LogP) is 5.31. The van der Waals surface area contributed by atoms with Crippen LogP contribution < -0.4 is 5.32 Å². The van der Waals surface area contributed by atoms with Crippen molar-refractivity contribution in [3.8, 4) is 0 Å². The molecular formula is C21H22FNO2S. The minimum Gasteiger partial charge on any atom is -0.380 e. The van der Waals surface area contributed by atoms with E-state index in [0.29, 0.717) is 15.8 Å². The van der Waals surface area contributed by atoms with E-state index in [9.17, 15) is 9.18 Å². The van der Waals surface area contributed by atoms with Crippen molar-refractivity contribution >= 4 is 27.3 Å². The van der Waals surface area contributed by atoms with Crippen LogP contribution in [-0.4, -0.2) is 13.0 Å². The lowest BCUT2D eigenvalue weighted by atomic mass is 9.96. The molecule has 1 heterocycles. The molecule has 0 radical (unpaired) electrons. The Morgan fingerprint density at radius 2 is 1.88 bits per heavy atom. The van der Waals surface area contributed by atoms with Crippen LogP contribution >= 0.6 is 11.3 Å². The smallest absolute Gasteiger partial charge is 0.262 e. The van der Waals surface area contributed by atoms with Gasteiger partial charge in [-0.2, -0.15) is 0 Å². The topological polar surface area (TPSA) is 38.3 Å². The molecule has 0 aliphatic rings. The second-order valence-corrected chi connectivity index (χ2v) is 7.61. The zero-order valence-corrected chi connectivity index (χ0v) is 15.9. The summed E-state index contributed by atoms with van der Waals surface area (Å²) in [7, 11) is 1.55. The SMILES string of the molecule is COCc1c(C(=O)NC(c2ccccc2)C(C)C)sc2cccc(F)c12. The number of carbonyl (C=O) groups excluding carboxylic acids is 1. The summed E-state index contributed by atoms with van der Waals surface area (Å²) < 4.78 is 20.3. The Bertz CT molecular complexity index is 905. The van der Waals surface area contributed by atoms with Crippen molar-refractivity contribution in [1.82, 2.24) is 5.32 Å². The van der Waals surface area contributed by atoms with E-state index in [4.69, 9.17) is 4.74 Å². The molecule has 0 spiro atoms. The van der Waals surface area contributed by atoms with Crippen molar-refractivity contribution in [3.63, 3.8) is 0 Å². The van der Waals surface area contributed by atoms with Gasteiger partial charge in [0.05, 0.1) is 17.5 Å². The Labute approximate surface area is 156 Å². The highest BCUT2D eigenvalue weighted by Crippen LogP contribution is 2.34. The zero-order chi connectivity index (χ0) is 18.7. The molecule has 1 unspecified atom stereocenters. The quantitative estimate of drug-likeness (QED) is 0.637. The fourth-order valence-electron chi connectivity index (χ4n) is 3.13. The molecule has 1 atom stereocenters. The first-order valence-electron chi connectivity index (χ1n) is 8.57. The predicted molar refractivity (Wildman–Crippen MR) is 104 cm³/mol. The molecule has 1 aromatic heterocycles. The van der Waals surface area contributed by atoms with Crippen LogP contribution in [0.1, 0.15) is 40.7 Å². The standard InChI is InChI=1S/C21H22FNO2S/c1-13(2)19(14-8-5-4-6-9-14)23-21(24)20-15(12-25-3)18-16(22)10-7-11-17(18)26-20/h4-11,13,19H,12H2,1-3H3,(H,23,24). The van der Waals surface area contributed by atoms with Gasteiger partial charge in [0.25, 0.3) is 5.91 Å². The van der Waals surface area contributed by atoms with Crippen molar-refractivity contribution in [2.75, 3.05) is 7.11 Å². The zero-order valence-electron chi connectivity index (χ0n) is 15.1. The molecule has 1 amide bonds. The number of hydrogen-bond donors (Lipinski definition) is 1. The fourth-order valence-corrected chi connectivity index (χ4v) is 4.26. The molecule has 1 N–H and O–H groups in total. The maximum absolute atomic E-state index is 14.3. The van der Waals surface area contributed by atoms with Crippen molar-refractivity contribution in [3.05, 3.63) is 70.4 Å². The number of carbonyl (C=O) groups is 1. The number of fused-ring (bicyclic) bond motifs is 1. The summed E-state index contributed by atoms with van der Waals surface area (Å²) in [5, 5.41) is 3.60. The van der Waals surface area contributed by atoms with Gasteiger partial charge in [-0.15, -0.1) is 11.3 Å². The average molecular weight is 371 g/mol. The van der Waals surface area contributed by atoms with E-state index in [1.807, 2.05) is 36.4 Å². The van der Waals surface area contributed by atoms with Gasteiger partial charge in [0.15, 0.2) is 0 Å². The monoisotopic (exact) mass is 371 g/mol. The van der Waals surface area contributed by atoms with Gasteiger partial charge < -0.3 is 10.1 Å². The minimum absolute atomic E-state index is 0.117. The summed E-state index contributed by atoms with van der Waals surface area (Å²) in [6.45, 7) is 4.33. The Morgan fingerprint density at radius 1 is 1.15 bits per heavy atom. The number of nitrogens with one attached hydrogen (secondary N) is 1. The molecule has 136 valence electrons. The third kappa shape index (κ3) is 3.64. The molecule has 0 bridgehead atoms. The number of benzene rings is 2. The van der Waals surface area contributed by atoms with Crippen LogP contribution in [-0.2, 0) is 11.3 Å². The summed E-state index contributed by atoms with van der Waals surface area (Å²) >= 11 is 1.30. The molecule has 26 heavy (non-hydrogen) atoms. The second kappa shape index (κ2) is 7.98. The van der Waals surface area contributed by atoms with Crippen LogP contribution in [0.5, 0.6) is 0 Å². The summed E-state index contributed by atoms with van der Waals surface area (Å²) in [5.41, 5.74) is 1.66. The molecule has 0 fully saturated rings. The Hall–Kier alpha value is -2.24. The van der Waals surface area contributed by atoms with Gasteiger partial charge in [-0.1, -0.05) is 50.2 Å². The van der Waals surface area contributed by atoms with Crippen LogP contribution in [0, 0.1) is 11.7 Å². The molecule has 0 saturated heterocycles. The highest BCUT2D eigenvalue weighted by atomic mass is 32.1. The summed E-state index contributed by atoms with van der Waals surface area (Å²) in [6, 6.07) is 14.7.